The van der Waals surface area contributed by atoms with Crippen LogP contribution >= 0.6 is 11.6 Å². The maximum Gasteiger partial charge on any atom is 0.143 e. The molecule has 4 nitrogen and oxygen atoms in total. The first kappa shape index (κ1) is 16.2. The van der Waals surface area contributed by atoms with Gasteiger partial charge in [0.1, 0.15) is 11.5 Å². The van der Waals surface area contributed by atoms with Crippen molar-refractivity contribution in [1.29, 1.82) is 0 Å². The Morgan fingerprint density at radius 2 is 1.90 bits per heavy atom. The standard InChI is InChI=1S/C16H25ClN2O2/c1-10(2)14-8-18-11(3)9-19(14)13-7-15(20-4)12(17)6-16(13)21-5/h6-7,10-11,14,18H,8-9H2,1-5H3. The van der Waals surface area contributed by atoms with E-state index in [9.17, 15) is 0 Å². The van der Waals surface area contributed by atoms with Gasteiger partial charge in [0.05, 0.1) is 24.9 Å². The van der Waals surface area contributed by atoms with E-state index in [0.717, 1.165) is 24.5 Å². The third-order valence-corrected chi connectivity index (χ3v) is 4.37. The molecule has 1 saturated heterocycles. The van der Waals surface area contributed by atoms with Crippen molar-refractivity contribution in [3.05, 3.63) is 17.2 Å². The van der Waals surface area contributed by atoms with Crippen LogP contribution in [0.2, 0.25) is 5.02 Å². The van der Waals surface area contributed by atoms with Crippen molar-refractivity contribution in [2.45, 2.75) is 32.9 Å². The van der Waals surface area contributed by atoms with Crippen LogP contribution in [0.3, 0.4) is 0 Å². The molecule has 21 heavy (non-hydrogen) atoms. The quantitative estimate of drug-likeness (QED) is 0.926. The Morgan fingerprint density at radius 1 is 1.24 bits per heavy atom. The summed E-state index contributed by atoms with van der Waals surface area (Å²) in [5.74, 6) is 2.01. The molecule has 0 bridgehead atoms. The first-order valence-corrected chi connectivity index (χ1v) is 7.77. The highest BCUT2D eigenvalue weighted by Crippen LogP contribution is 2.40. The van der Waals surface area contributed by atoms with Gasteiger partial charge in [-0.15, -0.1) is 0 Å². The van der Waals surface area contributed by atoms with E-state index < -0.39 is 0 Å². The number of rotatable bonds is 4. The van der Waals surface area contributed by atoms with Crippen molar-refractivity contribution >= 4 is 17.3 Å². The van der Waals surface area contributed by atoms with Gasteiger partial charge in [0.2, 0.25) is 0 Å². The van der Waals surface area contributed by atoms with Crippen molar-refractivity contribution in [2.75, 3.05) is 32.2 Å². The summed E-state index contributed by atoms with van der Waals surface area (Å²) in [6, 6.07) is 4.67. The molecule has 118 valence electrons. The number of nitrogens with one attached hydrogen (secondary N) is 1. The zero-order valence-electron chi connectivity index (χ0n) is 13.4. The Morgan fingerprint density at radius 3 is 2.48 bits per heavy atom. The average Bonchev–Trinajstić information content (AvgIpc) is 2.46. The molecule has 1 heterocycles. The van der Waals surface area contributed by atoms with Crippen LogP contribution in [0, 0.1) is 5.92 Å². The Balaban J connectivity index is 2.45. The molecule has 1 aliphatic heterocycles. The number of hydrogen-bond donors (Lipinski definition) is 1. The van der Waals surface area contributed by atoms with Gasteiger partial charge in [0, 0.05) is 37.3 Å². The smallest absolute Gasteiger partial charge is 0.143 e. The number of ether oxygens (including phenoxy) is 2. The number of halogens is 1. The van der Waals surface area contributed by atoms with Crippen LogP contribution in [0.1, 0.15) is 20.8 Å². The van der Waals surface area contributed by atoms with Gasteiger partial charge in [-0.3, -0.25) is 0 Å². The second-order valence-corrected chi connectivity index (χ2v) is 6.34. The van der Waals surface area contributed by atoms with Gasteiger partial charge in [-0.05, 0) is 12.8 Å². The third-order valence-electron chi connectivity index (χ3n) is 4.08. The predicted molar refractivity (Wildman–Crippen MR) is 88.0 cm³/mol. The number of piperazine rings is 1. The summed E-state index contributed by atoms with van der Waals surface area (Å²) in [4.78, 5) is 2.41. The number of methoxy groups -OCH3 is 2. The van der Waals surface area contributed by atoms with E-state index in [1.807, 2.05) is 12.1 Å². The Bertz CT molecular complexity index is 493. The van der Waals surface area contributed by atoms with E-state index in [-0.39, 0.29) is 0 Å². The van der Waals surface area contributed by atoms with E-state index in [2.05, 4.69) is 31.0 Å². The molecule has 2 rings (SSSR count). The second kappa shape index (κ2) is 6.75. The summed E-state index contributed by atoms with van der Waals surface area (Å²) in [7, 11) is 3.31. The van der Waals surface area contributed by atoms with E-state index in [4.69, 9.17) is 21.1 Å². The molecule has 1 fully saturated rings. The van der Waals surface area contributed by atoms with E-state index in [0.29, 0.717) is 28.8 Å². The molecule has 1 N–H and O–H groups in total. The van der Waals surface area contributed by atoms with Gasteiger partial charge in [0.25, 0.3) is 0 Å². The fourth-order valence-corrected chi connectivity index (χ4v) is 3.10. The average molecular weight is 313 g/mol. The Hall–Kier alpha value is -1.13. The normalized spacial score (nSPS) is 22.5. The molecule has 1 aromatic carbocycles. The van der Waals surface area contributed by atoms with Crippen molar-refractivity contribution in [3.63, 3.8) is 0 Å². The molecule has 0 amide bonds. The summed E-state index contributed by atoms with van der Waals surface area (Å²) < 4.78 is 10.9. The lowest BCUT2D eigenvalue weighted by atomic mass is 9.97. The second-order valence-electron chi connectivity index (χ2n) is 5.93. The molecule has 5 heteroatoms. The molecular weight excluding hydrogens is 288 g/mol. The molecule has 0 saturated carbocycles. The molecule has 0 aliphatic carbocycles. The molecule has 2 atom stereocenters. The summed E-state index contributed by atoms with van der Waals surface area (Å²) in [5, 5.41) is 4.12. The lowest BCUT2D eigenvalue weighted by Gasteiger charge is -2.43. The molecule has 2 unspecified atom stereocenters. The SMILES string of the molecule is COc1cc(N2CC(C)NCC2C(C)C)c(OC)cc1Cl. The van der Waals surface area contributed by atoms with Gasteiger partial charge < -0.3 is 19.7 Å². The molecular formula is C16H25ClN2O2. The van der Waals surface area contributed by atoms with Gasteiger partial charge >= 0.3 is 0 Å². The summed E-state index contributed by atoms with van der Waals surface area (Å²) in [5.41, 5.74) is 1.05. The van der Waals surface area contributed by atoms with Gasteiger partial charge in [-0.2, -0.15) is 0 Å². The lowest BCUT2D eigenvalue weighted by Crippen LogP contribution is -2.57. The van der Waals surface area contributed by atoms with Crippen molar-refractivity contribution in [1.82, 2.24) is 5.32 Å². The minimum absolute atomic E-state index is 0.418. The van der Waals surface area contributed by atoms with E-state index in [1.54, 1.807) is 14.2 Å². The van der Waals surface area contributed by atoms with Gasteiger partial charge in [-0.25, -0.2) is 0 Å². The van der Waals surface area contributed by atoms with Gasteiger partial charge in [0.15, 0.2) is 0 Å². The van der Waals surface area contributed by atoms with Crippen LogP contribution in [-0.2, 0) is 0 Å². The molecule has 1 aromatic rings. The fraction of sp³-hybridized carbons (Fsp3) is 0.625. The number of anilines is 1. The number of hydrogen-bond acceptors (Lipinski definition) is 4. The first-order valence-electron chi connectivity index (χ1n) is 7.39. The summed E-state index contributed by atoms with van der Waals surface area (Å²) in [6.45, 7) is 8.59. The largest absolute Gasteiger partial charge is 0.495 e. The van der Waals surface area contributed by atoms with Crippen molar-refractivity contribution in [3.8, 4) is 11.5 Å². The molecule has 0 radical (unpaired) electrons. The van der Waals surface area contributed by atoms with Crippen LogP contribution in [-0.4, -0.2) is 39.4 Å². The monoisotopic (exact) mass is 312 g/mol. The summed E-state index contributed by atoms with van der Waals surface area (Å²) in [6.07, 6.45) is 0. The Kier molecular flexibility index (Phi) is 5.22. The van der Waals surface area contributed by atoms with E-state index in [1.165, 1.54) is 0 Å². The van der Waals surface area contributed by atoms with Crippen LogP contribution in [0.5, 0.6) is 11.5 Å². The Labute approximate surface area is 132 Å². The van der Waals surface area contributed by atoms with Crippen LogP contribution in [0.15, 0.2) is 12.1 Å². The lowest BCUT2D eigenvalue weighted by molar-refractivity contribution is 0.342. The number of nitrogens with zero attached hydrogens (tertiary/aromatic N) is 1. The van der Waals surface area contributed by atoms with Crippen LogP contribution in [0.25, 0.3) is 0 Å². The molecule has 1 aliphatic rings. The zero-order valence-corrected chi connectivity index (χ0v) is 14.2. The maximum atomic E-state index is 6.21. The highest BCUT2D eigenvalue weighted by molar-refractivity contribution is 6.32. The van der Waals surface area contributed by atoms with Crippen molar-refractivity contribution in [2.24, 2.45) is 5.92 Å². The van der Waals surface area contributed by atoms with Crippen LogP contribution < -0.4 is 19.7 Å². The zero-order chi connectivity index (χ0) is 15.6. The minimum Gasteiger partial charge on any atom is -0.495 e. The summed E-state index contributed by atoms with van der Waals surface area (Å²) >= 11 is 6.21. The highest BCUT2D eigenvalue weighted by Gasteiger charge is 2.30. The minimum atomic E-state index is 0.418. The first-order chi connectivity index (χ1) is 9.97. The van der Waals surface area contributed by atoms with Gasteiger partial charge in [-0.1, -0.05) is 25.4 Å². The topological polar surface area (TPSA) is 33.7 Å². The van der Waals surface area contributed by atoms with Crippen LogP contribution in [0.4, 0.5) is 5.69 Å². The number of benzene rings is 1. The predicted octanol–water partition coefficient (Wildman–Crippen LogP) is 3.18. The third kappa shape index (κ3) is 3.38. The molecule has 0 spiro atoms. The van der Waals surface area contributed by atoms with Crippen molar-refractivity contribution < 1.29 is 9.47 Å². The highest BCUT2D eigenvalue weighted by atomic mass is 35.5. The molecule has 0 aromatic heterocycles. The van der Waals surface area contributed by atoms with E-state index >= 15 is 0 Å². The maximum absolute atomic E-state index is 6.21. The fourth-order valence-electron chi connectivity index (χ4n) is 2.87.